The fraction of sp³-hybridized carbons (Fsp3) is 0.0833. The number of halogens is 1. The van der Waals surface area contributed by atoms with Crippen LogP contribution in [0.1, 0.15) is 5.56 Å². The van der Waals surface area contributed by atoms with E-state index in [0.717, 1.165) is 10.6 Å². The Morgan fingerprint density at radius 1 is 1.40 bits per heavy atom. The molecule has 20 heavy (non-hydrogen) atoms. The minimum absolute atomic E-state index is 0.0501. The molecule has 1 aromatic carbocycles. The molecular formula is C12H11ClN4O2S. The van der Waals surface area contributed by atoms with Gasteiger partial charge in [0, 0.05) is 18.0 Å². The Labute approximate surface area is 124 Å². The smallest absolute Gasteiger partial charge is 0.293 e. The molecule has 3 N–H and O–H groups in total. The Hall–Kier alpha value is -1.83. The highest BCUT2D eigenvalue weighted by atomic mass is 35.5. The van der Waals surface area contributed by atoms with Crippen LogP contribution in [0.2, 0.25) is 5.02 Å². The van der Waals surface area contributed by atoms with Gasteiger partial charge in [-0.05, 0) is 23.8 Å². The number of aromatic nitrogens is 1. The van der Waals surface area contributed by atoms with Crippen molar-refractivity contribution >= 4 is 34.7 Å². The van der Waals surface area contributed by atoms with Gasteiger partial charge < -0.3 is 5.43 Å². The molecule has 2 aromatic rings. The van der Waals surface area contributed by atoms with Crippen molar-refractivity contribution in [2.45, 2.75) is 10.8 Å². The summed E-state index contributed by atoms with van der Waals surface area (Å²) in [6, 6.07) is 8.36. The molecule has 0 aliphatic carbocycles. The maximum Gasteiger partial charge on any atom is 0.293 e. The molecule has 0 unspecified atom stereocenters. The number of rotatable bonds is 5. The number of hydrogen-bond donors (Lipinski definition) is 2. The minimum atomic E-state index is -0.479. The summed E-state index contributed by atoms with van der Waals surface area (Å²) in [4.78, 5) is 14.5. The number of nitro benzene ring substituents is 1. The molecule has 0 fully saturated rings. The summed E-state index contributed by atoms with van der Waals surface area (Å²) >= 11 is 7.27. The lowest BCUT2D eigenvalue weighted by atomic mass is 10.2. The van der Waals surface area contributed by atoms with Crippen LogP contribution >= 0.6 is 23.4 Å². The van der Waals surface area contributed by atoms with Crippen LogP contribution in [0.4, 0.5) is 11.4 Å². The number of benzene rings is 1. The average molecular weight is 311 g/mol. The molecule has 2 rings (SSSR count). The molecule has 0 amide bonds. The van der Waals surface area contributed by atoms with Crippen molar-refractivity contribution in [1.82, 2.24) is 4.98 Å². The lowest BCUT2D eigenvalue weighted by Gasteiger charge is -2.05. The second kappa shape index (κ2) is 6.56. The first-order valence-corrected chi connectivity index (χ1v) is 6.95. The molecule has 0 aliphatic heterocycles. The van der Waals surface area contributed by atoms with Crippen molar-refractivity contribution in [3.63, 3.8) is 0 Å². The average Bonchev–Trinajstić information content (AvgIpc) is 2.46. The van der Waals surface area contributed by atoms with Crippen LogP contribution in [-0.2, 0) is 5.75 Å². The van der Waals surface area contributed by atoms with E-state index in [0.29, 0.717) is 10.8 Å². The highest BCUT2D eigenvalue weighted by molar-refractivity contribution is 7.98. The number of anilines is 1. The molecule has 0 bridgehead atoms. The molecule has 1 heterocycles. The second-order valence-corrected chi connectivity index (χ2v) is 5.29. The number of nitrogens with one attached hydrogen (secondary N) is 1. The van der Waals surface area contributed by atoms with E-state index >= 15 is 0 Å². The van der Waals surface area contributed by atoms with Crippen LogP contribution < -0.4 is 11.3 Å². The zero-order chi connectivity index (χ0) is 14.5. The molecule has 0 radical (unpaired) electrons. The van der Waals surface area contributed by atoms with Crippen LogP contribution in [0.25, 0.3) is 0 Å². The number of nitrogens with two attached hydrogens (primary N) is 1. The van der Waals surface area contributed by atoms with E-state index < -0.39 is 4.92 Å². The molecule has 0 atom stereocenters. The van der Waals surface area contributed by atoms with E-state index in [4.69, 9.17) is 17.4 Å². The van der Waals surface area contributed by atoms with Gasteiger partial charge in [-0.15, -0.1) is 11.8 Å². The summed E-state index contributed by atoms with van der Waals surface area (Å²) in [5.41, 5.74) is 3.49. The SMILES string of the molecule is NNc1cc(CSc2ccc(Cl)cn2)ccc1[N+](=O)[O-]. The lowest BCUT2D eigenvalue weighted by molar-refractivity contribution is -0.384. The molecule has 6 nitrogen and oxygen atoms in total. The summed E-state index contributed by atoms with van der Waals surface area (Å²) < 4.78 is 0. The first-order valence-electron chi connectivity index (χ1n) is 5.58. The fourth-order valence-electron chi connectivity index (χ4n) is 1.55. The number of hydrogen-bond acceptors (Lipinski definition) is 6. The normalized spacial score (nSPS) is 10.3. The van der Waals surface area contributed by atoms with Gasteiger partial charge in [0.05, 0.1) is 15.0 Å². The third kappa shape index (κ3) is 3.60. The highest BCUT2D eigenvalue weighted by Crippen LogP contribution is 2.28. The summed E-state index contributed by atoms with van der Waals surface area (Å²) in [6.07, 6.45) is 1.58. The van der Waals surface area contributed by atoms with Crippen molar-refractivity contribution < 1.29 is 4.92 Å². The summed E-state index contributed by atoms with van der Waals surface area (Å²) in [6.45, 7) is 0. The van der Waals surface area contributed by atoms with E-state index in [2.05, 4.69) is 10.4 Å². The van der Waals surface area contributed by atoms with Gasteiger partial charge in [-0.25, -0.2) is 4.98 Å². The summed E-state index contributed by atoms with van der Waals surface area (Å²) in [5.74, 6) is 5.92. The van der Waals surface area contributed by atoms with Crippen molar-refractivity contribution in [2.75, 3.05) is 5.43 Å². The zero-order valence-electron chi connectivity index (χ0n) is 10.2. The Kier molecular flexibility index (Phi) is 4.78. The predicted octanol–water partition coefficient (Wildman–Crippen LogP) is 3.22. The molecular weight excluding hydrogens is 300 g/mol. The number of nitro groups is 1. The van der Waals surface area contributed by atoms with Crippen molar-refractivity contribution in [3.05, 3.63) is 57.2 Å². The van der Waals surface area contributed by atoms with Crippen LogP contribution in [0.15, 0.2) is 41.6 Å². The van der Waals surface area contributed by atoms with Gasteiger partial charge in [0.15, 0.2) is 0 Å². The van der Waals surface area contributed by atoms with Crippen LogP contribution in [0.3, 0.4) is 0 Å². The quantitative estimate of drug-likeness (QED) is 0.381. The molecule has 0 spiro atoms. The third-order valence-corrected chi connectivity index (χ3v) is 3.74. The second-order valence-electron chi connectivity index (χ2n) is 3.86. The van der Waals surface area contributed by atoms with E-state index in [1.165, 1.54) is 17.8 Å². The summed E-state index contributed by atoms with van der Waals surface area (Å²) in [7, 11) is 0. The van der Waals surface area contributed by atoms with E-state index in [9.17, 15) is 10.1 Å². The Morgan fingerprint density at radius 2 is 2.20 bits per heavy atom. The predicted molar refractivity (Wildman–Crippen MR) is 79.7 cm³/mol. The van der Waals surface area contributed by atoms with Gasteiger partial charge in [-0.3, -0.25) is 16.0 Å². The van der Waals surface area contributed by atoms with Crippen molar-refractivity contribution in [2.24, 2.45) is 5.84 Å². The van der Waals surface area contributed by atoms with Gasteiger partial charge in [-0.1, -0.05) is 17.7 Å². The van der Waals surface area contributed by atoms with E-state index in [-0.39, 0.29) is 11.4 Å². The molecule has 1 aromatic heterocycles. The largest absolute Gasteiger partial charge is 0.318 e. The number of nitrogens with zero attached hydrogens (tertiary/aromatic N) is 2. The fourth-order valence-corrected chi connectivity index (χ4v) is 2.45. The minimum Gasteiger partial charge on any atom is -0.318 e. The maximum absolute atomic E-state index is 10.8. The van der Waals surface area contributed by atoms with E-state index in [1.807, 2.05) is 6.07 Å². The van der Waals surface area contributed by atoms with Crippen LogP contribution in [-0.4, -0.2) is 9.91 Å². The molecule has 0 saturated carbocycles. The van der Waals surface area contributed by atoms with Crippen LogP contribution in [0.5, 0.6) is 0 Å². The Bertz CT molecular complexity index is 621. The monoisotopic (exact) mass is 310 g/mol. The Morgan fingerprint density at radius 3 is 2.80 bits per heavy atom. The van der Waals surface area contributed by atoms with Crippen LogP contribution in [0, 0.1) is 10.1 Å². The molecule has 104 valence electrons. The highest BCUT2D eigenvalue weighted by Gasteiger charge is 2.13. The van der Waals surface area contributed by atoms with Gasteiger partial charge in [0.25, 0.3) is 5.69 Å². The van der Waals surface area contributed by atoms with Gasteiger partial charge in [-0.2, -0.15) is 0 Å². The number of hydrazine groups is 1. The number of nitrogen functional groups attached to an aromatic ring is 1. The van der Waals surface area contributed by atoms with Crippen molar-refractivity contribution in [3.8, 4) is 0 Å². The zero-order valence-corrected chi connectivity index (χ0v) is 11.8. The van der Waals surface area contributed by atoms with Gasteiger partial charge >= 0.3 is 0 Å². The first kappa shape index (κ1) is 14.6. The number of thioether (sulfide) groups is 1. The topological polar surface area (TPSA) is 94.1 Å². The lowest BCUT2D eigenvalue weighted by Crippen LogP contribution is -2.09. The standard InChI is InChI=1S/C12H11ClN4O2S/c13-9-2-4-12(15-6-9)20-7-8-1-3-11(17(18)19)10(5-8)16-14/h1-6,16H,7,14H2. The number of pyridine rings is 1. The maximum atomic E-state index is 10.8. The third-order valence-electron chi connectivity index (χ3n) is 2.50. The molecule has 0 aliphatic rings. The van der Waals surface area contributed by atoms with Crippen molar-refractivity contribution in [1.29, 1.82) is 0 Å². The van der Waals surface area contributed by atoms with Gasteiger partial charge in [0.1, 0.15) is 5.69 Å². The molecule has 8 heteroatoms. The first-order chi connectivity index (χ1) is 9.60. The van der Waals surface area contributed by atoms with E-state index in [1.54, 1.807) is 24.4 Å². The molecule has 0 saturated heterocycles. The Balaban J connectivity index is 2.10. The van der Waals surface area contributed by atoms with Gasteiger partial charge in [0.2, 0.25) is 0 Å². The summed E-state index contributed by atoms with van der Waals surface area (Å²) in [5, 5.41) is 12.2.